The number of carbonyl (C=O) groups is 2. The minimum atomic E-state index is -0.588. The maximum atomic E-state index is 12.1. The molecule has 1 N–H and O–H groups in total. The average molecular weight is 412 g/mol. The molecule has 9 heteroatoms. The van der Waals surface area contributed by atoms with Crippen molar-refractivity contribution in [2.24, 2.45) is 0 Å². The molecule has 0 fully saturated rings. The third-order valence-corrected chi connectivity index (χ3v) is 4.06. The number of rotatable bonds is 7. The fraction of sp³-hybridized carbons (Fsp3) is 0.222. The molecule has 0 unspecified atom stereocenters. The van der Waals surface area contributed by atoms with Crippen molar-refractivity contribution in [3.8, 4) is 17.2 Å². The van der Waals surface area contributed by atoms with Crippen LogP contribution in [-0.4, -0.2) is 38.4 Å². The second kappa shape index (κ2) is 8.83. The highest BCUT2D eigenvalue weighted by atomic mass is 35.5. The lowest BCUT2D eigenvalue weighted by molar-refractivity contribution is -0.143. The third-order valence-electron chi connectivity index (χ3n) is 3.53. The Hall–Kier alpha value is -2.64. The highest BCUT2D eigenvalue weighted by Crippen LogP contribution is 2.32. The normalized spacial score (nSPS) is 11.8. The molecule has 0 bridgehead atoms. The number of hydrogen-bond acceptors (Lipinski definition) is 6. The molecule has 1 heterocycles. The summed E-state index contributed by atoms with van der Waals surface area (Å²) in [5.74, 6) is 0.493. The van der Waals surface area contributed by atoms with Crippen LogP contribution in [0.15, 0.2) is 36.4 Å². The highest BCUT2D eigenvalue weighted by molar-refractivity contribution is 6.35. The van der Waals surface area contributed by atoms with Gasteiger partial charge in [0.05, 0.1) is 5.02 Å². The molecule has 1 amide bonds. The lowest BCUT2D eigenvalue weighted by atomic mass is 10.2. The van der Waals surface area contributed by atoms with E-state index in [1.54, 1.807) is 36.4 Å². The van der Waals surface area contributed by atoms with Crippen LogP contribution in [-0.2, 0) is 9.53 Å². The van der Waals surface area contributed by atoms with Crippen LogP contribution < -0.4 is 19.5 Å². The molecular weight excluding hydrogens is 397 g/mol. The average Bonchev–Trinajstić information content (AvgIpc) is 3.12. The van der Waals surface area contributed by atoms with Crippen LogP contribution >= 0.6 is 23.2 Å². The van der Waals surface area contributed by atoms with Crippen molar-refractivity contribution in [2.45, 2.75) is 0 Å². The quantitative estimate of drug-likeness (QED) is 0.556. The molecule has 1 aliphatic rings. The van der Waals surface area contributed by atoms with Gasteiger partial charge in [-0.15, -0.1) is 0 Å². The lowest BCUT2D eigenvalue weighted by Crippen LogP contribution is -2.31. The van der Waals surface area contributed by atoms with Gasteiger partial charge in [-0.05, 0) is 36.4 Å². The lowest BCUT2D eigenvalue weighted by Gasteiger charge is -2.09. The number of amides is 1. The Kier molecular flexibility index (Phi) is 6.26. The summed E-state index contributed by atoms with van der Waals surface area (Å²) in [6.45, 7) is -0.0219. The molecule has 142 valence electrons. The van der Waals surface area contributed by atoms with Gasteiger partial charge in [-0.1, -0.05) is 23.2 Å². The zero-order chi connectivity index (χ0) is 19.2. The van der Waals surface area contributed by atoms with E-state index < -0.39 is 11.9 Å². The molecule has 0 aromatic heterocycles. The summed E-state index contributed by atoms with van der Waals surface area (Å²) in [5, 5.41) is 3.34. The van der Waals surface area contributed by atoms with Crippen LogP contribution in [0.1, 0.15) is 10.4 Å². The van der Waals surface area contributed by atoms with Crippen LogP contribution in [0.25, 0.3) is 0 Å². The maximum absolute atomic E-state index is 12.1. The topological polar surface area (TPSA) is 83.1 Å². The number of fused-ring (bicyclic) bond motifs is 1. The van der Waals surface area contributed by atoms with Gasteiger partial charge in [-0.25, -0.2) is 0 Å². The van der Waals surface area contributed by atoms with Gasteiger partial charge < -0.3 is 24.3 Å². The van der Waals surface area contributed by atoms with Crippen molar-refractivity contribution in [3.63, 3.8) is 0 Å². The van der Waals surface area contributed by atoms with Crippen LogP contribution in [0, 0.1) is 0 Å². The Morgan fingerprint density at radius 3 is 2.67 bits per heavy atom. The summed E-state index contributed by atoms with van der Waals surface area (Å²) in [7, 11) is 0. The molecule has 2 aromatic carbocycles. The minimum Gasteiger partial charge on any atom is -0.488 e. The Morgan fingerprint density at radius 2 is 1.85 bits per heavy atom. The van der Waals surface area contributed by atoms with Crippen LogP contribution in [0.2, 0.25) is 10.0 Å². The molecule has 2 aromatic rings. The number of esters is 1. The van der Waals surface area contributed by atoms with Crippen LogP contribution in [0.3, 0.4) is 0 Å². The number of halogens is 2. The molecule has 0 radical (unpaired) electrons. The van der Waals surface area contributed by atoms with Gasteiger partial charge in [-0.3, -0.25) is 9.59 Å². The van der Waals surface area contributed by atoms with Crippen molar-refractivity contribution in [1.82, 2.24) is 5.32 Å². The molecule has 3 rings (SSSR count). The van der Waals surface area contributed by atoms with Crippen LogP contribution in [0.4, 0.5) is 0 Å². The SMILES string of the molecule is O=C(CNC(=O)c1ccc2c(c1)OCO2)OCCOc1ccc(Cl)cc1Cl. The van der Waals surface area contributed by atoms with E-state index in [-0.39, 0.29) is 26.6 Å². The fourth-order valence-electron chi connectivity index (χ4n) is 2.24. The summed E-state index contributed by atoms with van der Waals surface area (Å²) >= 11 is 11.8. The summed E-state index contributed by atoms with van der Waals surface area (Å²) in [4.78, 5) is 23.8. The minimum absolute atomic E-state index is 0.0116. The van der Waals surface area contributed by atoms with Gasteiger partial charge >= 0.3 is 5.97 Å². The summed E-state index contributed by atoms with van der Waals surface area (Å²) in [6.07, 6.45) is 0. The summed E-state index contributed by atoms with van der Waals surface area (Å²) in [6, 6.07) is 9.58. The highest BCUT2D eigenvalue weighted by Gasteiger charge is 2.16. The Balaban J connectivity index is 1.37. The maximum Gasteiger partial charge on any atom is 0.325 e. The van der Waals surface area contributed by atoms with Crippen LogP contribution in [0.5, 0.6) is 17.2 Å². The Morgan fingerprint density at radius 1 is 1.04 bits per heavy atom. The van der Waals surface area contributed by atoms with E-state index in [0.29, 0.717) is 32.9 Å². The van der Waals surface area contributed by atoms with E-state index in [1.807, 2.05) is 0 Å². The largest absolute Gasteiger partial charge is 0.488 e. The summed E-state index contributed by atoms with van der Waals surface area (Å²) < 4.78 is 20.8. The molecular formula is C18H15Cl2NO6. The zero-order valence-electron chi connectivity index (χ0n) is 14.0. The van der Waals surface area contributed by atoms with E-state index >= 15 is 0 Å². The van der Waals surface area contributed by atoms with Gasteiger partial charge in [0.2, 0.25) is 6.79 Å². The van der Waals surface area contributed by atoms with Gasteiger partial charge in [0, 0.05) is 10.6 Å². The molecule has 0 saturated heterocycles. The Bertz CT molecular complexity index is 858. The number of carbonyl (C=O) groups excluding carboxylic acids is 2. The Labute approximate surface area is 165 Å². The smallest absolute Gasteiger partial charge is 0.325 e. The zero-order valence-corrected chi connectivity index (χ0v) is 15.5. The number of benzene rings is 2. The molecule has 1 aliphatic heterocycles. The molecule has 0 atom stereocenters. The predicted octanol–water partition coefficient (Wildman–Crippen LogP) is 3.07. The van der Waals surface area contributed by atoms with Gasteiger partial charge in [0.1, 0.15) is 25.5 Å². The third kappa shape index (κ3) is 5.18. The second-order valence-electron chi connectivity index (χ2n) is 5.39. The standard InChI is InChI=1S/C18H15Cl2NO6/c19-12-2-4-14(13(20)8-12)24-5-6-25-17(22)9-21-18(23)11-1-3-15-16(7-11)27-10-26-15/h1-4,7-8H,5-6,9-10H2,(H,21,23). The first-order valence-electron chi connectivity index (χ1n) is 7.94. The van der Waals surface area contributed by atoms with Crippen molar-refractivity contribution >= 4 is 35.1 Å². The van der Waals surface area contributed by atoms with Gasteiger partial charge in [-0.2, -0.15) is 0 Å². The number of ether oxygens (including phenoxy) is 4. The molecule has 0 aliphatic carbocycles. The first-order chi connectivity index (χ1) is 13.0. The van der Waals surface area contributed by atoms with Crippen molar-refractivity contribution < 1.29 is 28.5 Å². The molecule has 0 saturated carbocycles. The number of nitrogens with one attached hydrogen (secondary N) is 1. The number of hydrogen-bond donors (Lipinski definition) is 1. The van der Waals surface area contributed by atoms with E-state index in [2.05, 4.69) is 5.32 Å². The van der Waals surface area contributed by atoms with E-state index in [9.17, 15) is 9.59 Å². The first-order valence-corrected chi connectivity index (χ1v) is 8.70. The van der Waals surface area contributed by atoms with Crippen molar-refractivity contribution in [2.75, 3.05) is 26.6 Å². The first kappa shape index (κ1) is 19.1. The molecule has 27 heavy (non-hydrogen) atoms. The van der Waals surface area contributed by atoms with E-state index in [0.717, 1.165) is 0 Å². The predicted molar refractivity (Wildman–Crippen MR) is 97.8 cm³/mol. The summed E-state index contributed by atoms with van der Waals surface area (Å²) in [5.41, 5.74) is 0.354. The monoisotopic (exact) mass is 411 g/mol. The van der Waals surface area contributed by atoms with Gasteiger partial charge in [0.15, 0.2) is 11.5 Å². The van der Waals surface area contributed by atoms with Crippen molar-refractivity contribution in [1.29, 1.82) is 0 Å². The van der Waals surface area contributed by atoms with Gasteiger partial charge in [0.25, 0.3) is 5.91 Å². The van der Waals surface area contributed by atoms with E-state index in [1.165, 1.54) is 0 Å². The van der Waals surface area contributed by atoms with E-state index in [4.69, 9.17) is 42.1 Å². The molecule has 0 spiro atoms. The van der Waals surface area contributed by atoms with Crippen molar-refractivity contribution in [3.05, 3.63) is 52.0 Å². The molecule has 7 nitrogen and oxygen atoms in total. The fourth-order valence-corrected chi connectivity index (χ4v) is 2.71. The second-order valence-corrected chi connectivity index (χ2v) is 6.24.